The van der Waals surface area contributed by atoms with Gasteiger partial charge in [0.2, 0.25) is 0 Å². The first-order chi connectivity index (χ1) is 13.0. The maximum absolute atomic E-state index is 12.5. The van der Waals surface area contributed by atoms with Gasteiger partial charge in [-0.25, -0.2) is 0 Å². The summed E-state index contributed by atoms with van der Waals surface area (Å²) in [6.07, 6.45) is 2.35. The van der Waals surface area contributed by atoms with Crippen LogP contribution in [0.2, 0.25) is 0 Å². The van der Waals surface area contributed by atoms with Crippen molar-refractivity contribution in [3.05, 3.63) is 70.6 Å². The Bertz CT molecular complexity index is 990. The van der Waals surface area contributed by atoms with Gasteiger partial charge in [-0.2, -0.15) is 0 Å². The molecule has 0 spiro atoms. The van der Waals surface area contributed by atoms with E-state index < -0.39 is 0 Å². The van der Waals surface area contributed by atoms with E-state index >= 15 is 0 Å². The second-order valence-electron chi connectivity index (χ2n) is 6.96. The molecule has 27 heavy (non-hydrogen) atoms. The molecule has 0 radical (unpaired) electrons. The molecule has 140 valence electrons. The number of carbonyl (C=O) groups is 1. The third-order valence-corrected chi connectivity index (χ3v) is 4.57. The van der Waals surface area contributed by atoms with Crippen LogP contribution in [0.4, 0.5) is 0 Å². The summed E-state index contributed by atoms with van der Waals surface area (Å²) in [5, 5.41) is 0.562. The topological polar surface area (TPSA) is 53.8 Å². The molecule has 0 N–H and O–H groups in total. The zero-order valence-electron chi connectivity index (χ0n) is 15.9. The van der Waals surface area contributed by atoms with Crippen LogP contribution < -0.4 is 5.43 Å². The number of nitrogens with zero attached hydrogens (tertiary/aromatic N) is 2. The summed E-state index contributed by atoms with van der Waals surface area (Å²) >= 11 is 0. The van der Waals surface area contributed by atoms with Gasteiger partial charge in [0.15, 0.2) is 5.43 Å². The molecule has 0 saturated carbocycles. The Balaban J connectivity index is 1.75. The lowest BCUT2D eigenvalue weighted by atomic mass is 10.0. The molecule has 5 heteroatoms. The number of amides is 1. The van der Waals surface area contributed by atoms with Crippen molar-refractivity contribution < 1.29 is 9.21 Å². The minimum Gasteiger partial charge on any atom is -0.464 e. The highest BCUT2D eigenvalue weighted by Crippen LogP contribution is 2.23. The first-order valence-corrected chi connectivity index (χ1v) is 8.98. The Morgan fingerprint density at radius 1 is 0.926 bits per heavy atom. The Labute approximate surface area is 158 Å². The van der Waals surface area contributed by atoms with Gasteiger partial charge in [0.05, 0.1) is 11.6 Å². The molecule has 1 heterocycles. The molecule has 0 bridgehead atoms. The van der Waals surface area contributed by atoms with Crippen molar-refractivity contribution in [3.63, 3.8) is 0 Å². The molecule has 0 fully saturated rings. The lowest BCUT2D eigenvalue weighted by molar-refractivity contribution is 0.0790. The SMILES string of the molecule is CN(C)CCCN(C)C(=O)c1ccc(-c2ccc3c(=O)ccoc3c2)cc1. The predicted octanol–water partition coefficient (Wildman–Crippen LogP) is 3.48. The van der Waals surface area contributed by atoms with E-state index in [1.54, 1.807) is 11.0 Å². The van der Waals surface area contributed by atoms with E-state index in [2.05, 4.69) is 4.90 Å². The first-order valence-electron chi connectivity index (χ1n) is 8.98. The van der Waals surface area contributed by atoms with Crippen molar-refractivity contribution in [2.75, 3.05) is 34.2 Å². The molecule has 1 amide bonds. The minimum absolute atomic E-state index is 0.0183. The molecule has 1 aromatic heterocycles. The Hall–Kier alpha value is -2.92. The summed E-state index contributed by atoms with van der Waals surface area (Å²) < 4.78 is 5.44. The smallest absolute Gasteiger partial charge is 0.253 e. The Kier molecular flexibility index (Phi) is 5.72. The summed E-state index contributed by atoms with van der Waals surface area (Å²) in [4.78, 5) is 28.2. The molecular weight excluding hydrogens is 340 g/mol. The fourth-order valence-corrected chi connectivity index (χ4v) is 3.01. The van der Waals surface area contributed by atoms with Crippen LogP contribution in [0.25, 0.3) is 22.1 Å². The molecule has 0 saturated heterocycles. The second-order valence-corrected chi connectivity index (χ2v) is 6.96. The lowest BCUT2D eigenvalue weighted by Gasteiger charge is -2.18. The maximum Gasteiger partial charge on any atom is 0.253 e. The predicted molar refractivity (Wildman–Crippen MR) is 108 cm³/mol. The number of benzene rings is 2. The molecule has 0 atom stereocenters. The maximum atomic E-state index is 12.5. The minimum atomic E-state index is -0.0546. The third kappa shape index (κ3) is 4.44. The summed E-state index contributed by atoms with van der Waals surface area (Å²) in [7, 11) is 5.88. The van der Waals surface area contributed by atoms with Crippen LogP contribution >= 0.6 is 0 Å². The highest BCUT2D eigenvalue weighted by Gasteiger charge is 2.12. The van der Waals surface area contributed by atoms with E-state index in [1.807, 2.05) is 57.5 Å². The van der Waals surface area contributed by atoms with Crippen LogP contribution in [0, 0.1) is 0 Å². The van der Waals surface area contributed by atoms with Gasteiger partial charge in [0, 0.05) is 25.2 Å². The van der Waals surface area contributed by atoms with Gasteiger partial charge < -0.3 is 14.2 Å². The van der Waals surface area contributed by atoms with Crippen LogP contribution in [0.5, 0.6) is 0 Å². The van der Waals surface area contributed by atoms with Crippen molar-refractivity contribution in [1.82, 2.24) is 9.80 Å². The average molecular weight is 364 g/mol. The van der Waals surface area contributed by atoms with Gasteiger partial charge in [0.1, 0.15) is 5.58 Å². The largest absolute Gasteiger partial charge is 0.464 e. The molecule has 2 aromatic carbocycles. The summed E-state index contributed by atoms with van der Waals surface area (Å²) in [6.45, 7) is 1.68. The highest BCUT2D eigenvalue weighted by atomic mass is 16.3. The summed E-state index contributed by atoms with van der Waals surface area (Å²) in [6, 6.07) is 14.4. The van der Waals surface area contributed by atoms with Gasteiger partial charge in [-0.3, -0.25) is 9.59 Å². The second kappa shape index (κ2) is 8.18. The van der Waals surface area contributed by atoms with Crippen LogP contribution in [0.15, 0.2) is 64.0 Å². The summed E-state index contributed by atoms with van der Waals surface area (Å²) in [5.74, 6) is 0.0183. The van der Waals surface area contributed by atoms with Crippen LogP contribution in [0.1, 0.15) is 16.8 Å². The highest BCUT2D eigenvalue weighted by molar-refractivity contribution is 5.94. The molecule has 0 aliphatic heterocycles. The third-order valence-electron chi connectivity index (χ3n) is 4.57. The van der Waals surface area contributed by atoms with Gasteiger partial charge in [0.25, 0.3) is 5.91 Å². The molecule has 3 aromatic rings. The number of hydrogen-bond donors (Lipinski definition) is 0. The molecule has 0 aliphatic rings. The standard InChI is InChI=1S/C22H24N2O3/c1-23(2)12-4-13-24(3)22(26)17-7-5-16(6-8-17)18-9-10-19-20(25)11-14-27-21(19)15-18/h5-11,14-15H,4,12-13H2,1-3H3. The van der Waals surface area contributed by atoms with E-state index in [0.29, 0.717) is 16.5 Å². The molecule has 5 nitrogen and oxygen atoms in total. The number of hydrogen-bond acceptors (Lipinski definition) is 4. The quantitative estimate of drug-likeness (QED) is 0.672. The fraction of sp³-hybridized carbons (Fsp3) is 0.273. The molecule has 0 unspecified atom stereocenters. The number of carbonyl (C=O) groups excluding carboxylic acids is 1. The monoisotopic (exact) mass is 364 g/mol. The van der Waals surface area contributed by atoms with Crippen LogP contribution in [-0.2, 0) is 0 Å². The molecule has 3 rings (SSSR count). The van der Waals surface area contributed by atoms with Crippen molar-refractivity contribution in [3.8, 4) is 11.1 Å². The normalized spacial score (nSPS) is 11.1. The Morgan fingerprint density at radius 2 is 1.63 bits per heavy atom. The molecular formula is C22H24N2O3. The number of fused-ring (bicyclic) bond motifs is 1. The van der Waals surface area contributed by atoms with Gasteiger partial charge in [-0.1, -0.05) is 18.2 Å². The average Bonchev–Trinajstić information content (AvgIpc) is 2.67. The van der Waals surface area contributed by atoms with Crippen molar-refractivity contribution >= 4 is 16.9 Å². The Morgan fingerprint density at radius 3 is 2.33 bits per heavy atom. The first kappa shape index (κ1) is 18.9. The van der Waals surface area contributed by atoms with E-state index in [0.717, 1.165) is 30.6 Å². The van der Waals surface area contributed by atoms with Crippen molar-refractivity contribution in [2.24, 2.45) is 0 Å². The lowest BCUT2D eigenvalue weighted by Crippen LogP contribution is -2.29. The zero-order valence-corrected chi connectivity index (χ0v) is 15.9. The van der Waals surface area contributed by atoms with Crippen molar-refractivity contribution in [1.29, 1.82) is 0 Å². The summed E-state index contributed by atoms with van der Waals surface area (Å²) in [5.41, 5.74) is 3.07. The number of rotatable bonds is 6. The fourth-order valence-electron chi connectivity index (χ4n) is 3.01. The van der Waals surface area contributed by atoms with E-state index in [9.17, 15) is 9.59 Å². The van der Waals surface area contributed by atoms with Crippen LogP contribution in [-0.4, -0.2) is 49.9 Å². The van der Waals surface area contributed by atoms with Gasteiger partial charge in [-0.15, -0.1) is 0 Å². The van der Waals surface area contributed by atoms with E-state index in [-0.39, 0.29) is 11.3 Å². The van der Waals surface area contributed by atoms with E-state index in [1.165, 1.54) is 12.3 Å². The van der Waals surface area contributed by atoms with Crippen molar-refractivity contribution in [2.45, 2.75) is 6.42 Å². The molecule has 0 aliphatic carbocycles. The van der Waals surface area contributed by atoms with Gasteiger partial charge >= 0.3 is 0 Å². The van der Waals surface area contributed by atoms with Gasteiger partial charge in [-0.05, 0) is 62.5 Å². The van der Waals surface area contributed by atoms with Crippen LogP contribution in [0.3, 0.4) is 0 Å². The van der Waals surface area contributed by atoms with E-state index in [4.69, 9.17) is 4.42 Å². The zero-order chi connectivity index (χ0) is 19.4.